The quantitative estimate of drug-likeness (QED) is 0.753. The van der Waals surface area contributed by atoms with Gasteiger partial charge in [-0.1, -0.05) is 12.1 Å². The molecule has 1 amide bonds. The maximum absolute atomic E-state index is 12.0. The minimum Gasteiger partial charge on any atom is -0.395 e. The van der Waals surface area contributed by atoms with Gasteiger partial charge >= 0.3 is 0 Å². The first-order chi connectivity index (χ1) is 7.69. The van der Waals surface area contributed by atoms with Crippen LogP contribution in [0.25, 0.3) is 0 Å². The Morgan fingerprint density at radius 3 is 2.94 bits per heavy atom. The molecule has 4 nitrogen and oxygen atoms in total. The summed E-state index contributed by atoms with van der Waals surface area (Å²) < 4.78 is 0. The monoisotopic (exact) mass is 220 g/mol. The van der Waals surface area contributed by atoms with Crippen molar-refractivity contribution >= 4 is 5.91 Å². The molecule has 0 aliphatic heterocycles. The van der Waals surface area contributed by atoms with E-state index >= 15 is 0 Å². The van der Waals surface area contributed by atoms with Crippen molar-refractivity contribution in [3.8, 4) is 0 Å². The minimum absolute atomic E-state index is 0.0641. The van der Waals surface area contributed by atoms with Crippen molar-refractivity contribution in [3.63, 3.8) is 0 Å². The zero-order valence-corrected chi connectivity index (χ0v) is 9.39. The number of nitrogens with zero attached hydrogens (tertiary/aromatic N) is 2. The van der Waals surface area contributed by atoms with Crippen LogP contribution in [0.5, 0.6) is 0 Å². The van der Waals surface area contributed by atoms with Crippen LogP contribution in [-0.2, 0) is 0 Å². The highest BCUT2D eigenvalue weighted by atomic mass is 16.3. The van der Waals surface area contributed by atoms with Crippen molar-refractivity contribution < 1.29 is 9.90 Å². The molecule has 0 saturated heterocycles. The second-order valence-electron chi connectivity index (χ2n) is 3.43. The second kappa shape index (κ2) is 6.02. The summed E-state index contributed by atoms with van der Waals surface area (Å²) >= 11 is 0. The van der Waals surface area contributed by atoms with E-state index in [0.717, 1.165) is 5.69 Å². The summed E-state index contributed by atoms with van der Waals surface area (Å²) in [7, 11) is 0. The van der Waals surface area contributed by atoms with Gasteiger partial charge in [0.15, 0.2) is 0 Å². The third kappa shape index (κ3) is 3.17. The standard InChI is InChI=1S/C12H16N2O2/c1-3-7-14(8-9-15)12(16)11-6-4-5-10(2)13-11/h3-6,15H,1,7-9H2,2H3. The van der Waals surface area contributed by atoms with Gasteiger partial charge in [0, 0.05) is 18.8 Å². The second-order valence-corrected chi connectivity index (χ2v) is 3.43. The van der Waals surface area contributed by atoms with Gasteiger partial charge in [-0.3, -0.25) is 4.79 Å². The Hall–Kier alpha value is -1.68. The maximum atomic E-state index is 12.0. The van der Waals surface area contributed by atoms with Crippen LogP contribution < -0.4 is 0 Å². The predicted octanol–water partition coefficient (Wildman–Crippen LogP) is 1.01. The Morgan fingerprint density at radius 1 is 1.62 bits per heavy atom. The van der Waals surface area contributed by atoms with Crippen LogP contribution in [0.4, 0.5) is 0 Å². The predicted molar refractivity (Wildman–Crippen MR) is 62.2 cm³/mol. The number of amides is 1. The zero-order valence-electron chi connectivity index (χ0n) is 9.39. The molecule has 1 heterocycles. The molecule has 0 saturated carbocycles. The summed E-state index contributed by atoms with van der Waals surface area (Å²) in [5.74, 6) is -0.183. The molecular weight excluding hydrogens is 204 g/mol. The van der Waals surface area contributed by atoms with Gasteiger partial charge in [0.2, 0.25) is 0 Å². The van der Waals surface area contributed by atoms with Crippen LogP contribution in [0.3, 0.4) is 0 Å². The van der Waals surface area contributed by atoms with E-state index in [0.29, 0.717) is 18.8 Å². The van der Waals surface area contributed by atoms with E-state index in [1.807, 2.05) is 13.0 Å². The fourth-order valence-corrected chi connectivity index (χ4v) is 1.38. The Labute approximate surface area is 95.2 Å². The number of pyridine rings is 1. The van der Waals surface area contributed by atoms with E-state index in [4.69, 9.17) is 5.11 Å². The molecule has 0 aromatic carbocycles. The number of aliphatic hydroxyl groups is 1. The highest BCUT2D eigenvalue weighted by Gasteiger charge is 2.14. The summed E-state index contributed by atoms with van der Waals surface area (Å²) in [6.07, 6.45) is 1.63. The summed E-state index contributed by atoms with van der Waals surface area (Å²) in [5.41, 5.74) is 1.20. The molecule has 0 spiro atoms. The first kappa shape index (κ1) is 12.4. The number of aryl methyl sites for hydroxylation is 1. The van der Waals surface area contributed by atoms with Gasteiger partial charge in [0.25, 0.3) is 5.91 Å². The number of aromatic nitrogens is 1. The maximum Gasteiger partial charge on any atom is 0.272 e. The normalized spacial score (nSPS) is 9.88. The van der Waals surface area contributed by atoms with Gasteiger partial charge in [-0.05, 0) is 19.1 Å². The van der Waals surface area contributed by atoms with Crippen molar-refractivity contribution in [1.29, 1.82) is 0 Å². The third-order valence-electron chi connectivity index (χ3n) is 2.11. The van der Waals surface area contributed by atoms with E-state index in [-0.39, 0.29) is 12.5 Å². The number of carbonyl (C=O) groups excluding carboxylic acids is 1. The van der Waals surface area contributed by atoms with Crippen LogP contribution in [0.1, 0.15) is 16.2 Å². The molecule has 1 aromatic heterocycles. The third-order valence-corrected chi connectivity index (χ3v) is 2.11. The van der Waals surface area contributed by atoms with Gasteiger partial charge in [-0.15, -0.1) is 6.58 Å². The average Bonchev–Trinajstić information content (AvgIpc) is 2.28. The van der Waals surface area contributed by atoms with Crippen molar-refractivity contribution in [2.75, 3.05) is 19.7 Å². The molecule has 0 atom stereocenters. The molecule has 1 aromatic rings. The Morgan fingerprint density at radius 2 is 2.38 bits per heavy atom. The Bertz CT molecular complexity index is 377. The van der Waals surface area contributed by atoms with E-state index in [1.165, 1.54) is 4.90 Å². The average molecular weight is 220 g/mol. The number of rotatable bonds is 5. The first-order valence-corrected chi connectivity index (χ1v) is 5.13. The summed E-state index contributed by atoms with van der Waals surface area (Å²) in [5, 5.41) is 8.87. The Kier molecular flexibility index (Phi) is 4.66. The van der Waals surface area contributed by atoms with Gasteiger partial charge in [0.1, 0.15) is 5.69 Å². The number of aliphatic hydroxyl groups excluding tert-OH is 1. The smallest absolute Gasteiger partial charge is 0.272 e. The largest absolute Gasteiger partial charge is 0.395 e. The van der Waals surface area contributed by atoms with Gasteiger partial charge in [-0.25, -0.2) is 4.98 Å². The fraction of sp³-hybridized carbons (Fsp3) is 0.333. The lowest BCUT2D eigenvalue weighted by Crippen LogP contribution is -2.34. The summed E-state index contributed by atoms with van der Waals surface area (Å²) in [6.45, 7) is 6.05. The molecule has 0 aliphatic rings. The van der Waals surface area contributed by atoms with Crippen LogP contribution in [0.2, 0.25) is 0 Å². The summed E-state index contributed by atoms with van der Waals surface area (Å²) in [6, 6.07) is 5.30. The van der Waals surface area contributed by atoms with Crippen molar-refractivity contribution in [3.05, 3.63) is 42.2 Å². The molecule has 16 heavy (non-hydrogen) atoms. The molecule has 0 radical (unpaired) electrons. The van der Waals surface area contributed by atoms with E-state index in [2.05, 4.69) is 11.6 Å². The van der Waals surface area contributed by atoms with Crippen molar-refractivity contribution in [2.24, 2.45) is 0 Å². The van der Waals surface area contributed by atoms with Crippen molar-refractivity contribution in [1.82, 2.24) is 9.88 Å². The molecule has 1 rings (SSSR count). The van der Waals surface area contributed by atoms with E-state index in [9.17, 15) is 4.79 Å². The number of hydrogen-bond donors (Lipinski definition) is 1. The van der Waals surface area contributed by atoms with E-state index < -0.39 is 0 Å². The molecular formula is C12H16N2O2. The van der Waals surface area contributed by atoms with Crippen LogP contribution in [-0.4, -0.2) is 40.6 Å². The van der Waals surface area contributed by atoms with Crippen LogP contribution >= 0.6 is 0 Å². The van der Waals surface area contributed by atoms with Crippen LogP contribution in [0, 0.1) is 6.92 Å². The minimum atomic E-state index is -0.183. The highest BCUT2D eigenvalue weighted by Crippen LogP contribution is 2.03. The number of carbonyl (C=O) groups is 1. The SMILES string of the molecule is C=CCN(CCO)C(=O)c1cccc(C)n1. The molecule has 4 heteroatoms. The van der Waals surface area contributed by atoms with E-state index in [1.54, 1.807) is 18.2 Å². The van der Waals surface area contributed by atoms with Crippen LogP contribution in [0.15, 0.2) is 30.9 Å². The lowest BCUT2D eigenvalue weighted by Gasteiger charge is -2.19. The topological polar surface area (TPSA) is 53.4 Å². The van der Waals surface area contributed by atoms with Crippen molar-refractivity contribution in [2.45, 2.75) is 6.92 Å². The molecule has 86 valence electrons. The van der Waals surface area contributed by atoms with Gasteiger partial charge in [-0.2, -0.15) is 0 Å². The number of hydrogen-bond acceptors (Lipinski definition) is 3. The molecule has 0 bridgehead atoms. The van der Waals surface area contributed by atoms with Gasteiger partial charge in [0.05, 0.1) is 6.61 Å². The van der Waals surface area contributed by atoms with Gasteiger partial charge < -0.3 is 10.0 Å². The lowest BCUT2D eigenvalue weighted by atomic mass is 10.2. The zero-order chi connectivity index (χ0) is 12.0. The molecule has 0 aliphatic carbocycles. The first-order valence-electron chi connectivity index (χ1n) is 5.13. The lowest BCUT2D eigenvalue weighted by molar-refractivity contribution is 0.0737. The Balaban J connectivity index is 2.85. The summed E-state index contributed by atoms with van der Waals surface area (Å²) in [4.78, 5) is 17.6. The molecule has 1 N–H and O–H groups in total. The molecule has 0 unspecified atom stereocenters. The fourth-order valence-electron chi connectivity index (χ4n) is 1.38. The highest BCUT2D eigenvalue weighted by molar-refractivity contribution is 5.92. The molecule has 0 fully saturated rings.